The van der Waals surface area contributed by atoms with Gasteiger partial charge in [-0.1, -0.05) is 12.1 Å². The molecule has 0 aliphatic carbocycles. The first-order valence-electron chi connectivity index (χ1n) is 8.48. The van der Waals surface area contributed by atoms with Crippen molar-refractivity contribution in [1.29, 1.82) is 0 Å². The number of hydrogen-bond acceptors (Lipinski definition) is 8. The molecule has 0 aliphatic rings. The van der Waals surface area contributed by atoms with Crippen LogP contribution >= 0.6 is 0 Å². The Labute approximate surface area is 165 Å². The van der Waals surface area contributed by atoms with Gasteiger partial charge in [0, 0.05) is 12.6 Å². The van der Waals surface area contributed by atoms with E-state index in [2.05, 4.69) is 20.6 Å². The van der Waals surface area contributed by atoms with Gasteiger partial charge in [-0.15, -0.1) is 0 Å². The molecule has 10 heteroatoms. The zero-order valence-electron chi connectivity index (χ0n) is 15.7. The molecule has 0 aliphatic heterocycles. The summed E-state index contributed by atoms with van der Waals surface area (Å²) in [5.41, 5.74) is 0.848. The Bertz CT molecular complexity index is 1010. The molecule has 0 saturated carbocycles. The molecule has 0 amide bonds. The van der Waals surface area contributed by atoms with E-state index >= 15 is 0 Å². The summed E-state index contributed by atoms with van der Waals surface area (Å²) in [7, 11) is 2.99. The van der Waals surface area contributed by atoms with E-state index in [1.54, 1.807) is 30.3 Å². The van der Waals surface area contributed by atoms with Gasteiger partial charge in [-0.2, -0.15) is 0 Å². The van der Waals surface area contributed by atoms with Gasteiger partial charge in [0.1, 0.15) is 23.6 Å². The number of anilines is 3. The zero-order valence-corrected chi connectivity index (χ0v) is 15.7. The van der Waals surface area contributed by atoms with Crippen LogP contribution in [0.4, 0.5) is 27.4 Å². The smallest absolute Gasteiger partial charge is 0.353 e. The summed E-state index contributed by atoms with van der Waals surface area (Å²) in [6, 6.07) is 10.8. The SMILES string of the molecule is COc1ccc(OC)c(Nc2ncnc(NCc3ccc(F)cc3)c2[N+](=O)[O-])c1. The van der Waals surface area contributed by atoms with Crippen molar-refractivity contribution in [2.75, 3.05) is 24.9 Å². The molecule has 0 spiro atoms. The predicted molar refractivity (Wildman–Crippen MR) is 105 cm³/mol. The first kappa shape index (κ1) is 19.8. The fourth-order valence-electron chi connectivity index (χ4n) is 2.60. The Balaban J connectivity index is 1.91. The van der Waals surface area contributed by atoms with E-state index in [-0.39, 0.29) is 29.7 Å². The number of methoxy groups -OCH3 is 2. The third-order valence-corrected chi connectivity index (χ3v) is 4.04. The van der Waals surface area contributed by atoms with Gasteiger partial charge in [0.25, 0.3) is 0 Å². The molecule has 3 aromatic rings. The van der Waals surface area contributed by atoms with Crippen molar-refractivity contribution >= 4 is 23.0 Å². The molecule has 0 unspecified atom stereocenters. The molecule has 29 heavy (non-hydrogen) atoms. The summed E-state index contributed by atoms with van der Waals surface area (Å²) in [6.07, 6.45) is 1.20. The van der Waals surface area contributed by atoms with Crippen molar-refractivity contribution in [2.24, 2.45) is 0 Å². The second-order valence-corrected chi connectivity index (χ2v) is 5.85. The zero-order chi connectivity index (χ0) is 20.8. The number of aromatic nitrogens is 2. The lowest BCUT2D eigenvalue weighted by atomic mass is 10.2. The quantitative estimate of drug-likeness (QED) is 0.433. The molecule has 0 radical (unpaired) electrons. The summed E-state index contributed by atoms with van der Waals surface area (Å²) in [5, 5.41) is 17.5. The van der Waals surface area contributed by atoms with Crippen LogP contribution in [0.25, 0.3) is 0 Å². The number of nitro groups is 1. The van der Waals surface area contributed by atoms with Crippen LogP contribution in [0, 0.1) is 15.9 Å². The second-order valence-electron chi connectivity index (χ2n) is 5.85. The van der Waals surface area contributed by atoms with Crippen LogP contribution in [0.5, 0.6) is 11.5 Å². The summed E-state index contributed by atoms with van der Waals surface area (Å²) in [6.45, 7) is 0.222. The Morgan fingerprint density at radius 3 is 2.45 bits per heavy atom. The van der Waals surface area contributed by atoms with E-state index in [0.29, 0.717) is 17.2 Å². The highest BCUT2D eigenvalue weighted by Crippen LogP contribution is 2.36. The topological polar surface area (TPSA) is 111 Å². The second kappa shape index (κ2) is 8.83. The minimum absolute atomic E-state index is 0.0156. The normalized spacial score (nSPS) is 10.3. The third kappa shape index (κ3) is 4.67. The summed E-state index contributed by atoms with van der Waals surface area (Å²) >= 11 is 0. The fourth-order valence-corrected chi connectivity index (χ4v) is 2.60. The maximum absolute atomic E-state index is 13.0. The van der Waals surface area contributed by atoms with Crippen LogP contribution in [-0.2, 0) is 6.54 Å². The molecule has 150 valence electrons. The molecule has 1 aromatic heterocycles. The lowest BCUT2D eigenvalue weighted by molar-refractivity contribution is -0.383. The van der Waals surface area contributed by atoms with Gasteiger partial charge in [0.15, 0.2) is 0 Å². The minimum atomic E-state index is -0.581. The van der Waals surface area contributed by atoms with Crippen molar-refractivity contribution in [3.8, 4) is 11.5 Å². The molecule has 0 fully saturated rings. The molecular weight excluding hydrogens is 381 g/mol. The number of hydrogen-bond donors (Lipinski definition) is 2. The number of halogens is 1. The van der Waals surface area contributed by atoms with Gasteiger partial charge in [0.05, 0.1) is 24.8 Å². The lowest BCUT2D eigenvalue weighted by Crippen LogP contribution is -2.08. The molecular formula is C19H18FN5O4. The maximum atomic E-state index is 13.0. The average molecular weight is 399 g/mol. The van der Waals surface area contributed by atoms with Crippen LogP contribution in [0.2, 0.25) is 0 Å². The van der Waals surface area contributed by atoms with Gasteiger partial charge in [-0.25, -0.2) is 14.4 Å². The van der Waals surface area contributed by atoms with Gasteiger partial charge < -0.3 is 20.1 Å². The van der Waals surface area contributed by atoms with Crippen LogP contribution in [-0.4, -0.2) is 29.1 Å². The molecule has 0 bridgehead atoms. The first-order chi connectivity index (χ1) is 14.0. The monoisotopic (exact) mass is 399 g/mol. The summed E-state index contributed by atoms with van der Waals surface area (Å²) in [5.74, 6) is 0.650. The van der Waals surface area contributed by atoms with Gasteiger partial charge in [-0.05, 0) is 29.8 Å². The van der Waals surface area contributed by atoms with Crippen LogP contribution in [0.3, 0.4) is 0 Å². The molecule has 1 heterocycles. The third-order valence-electron chi connectivity index (χ3n) is 4.04. The standard InChI is InChI=1S/C19H18FN5O4/c1-28-14-7-8-16(29-2)15(9-14)24-19-17(25(26)27)18(22-11-23-19)21-10-12-3-5-13(20)6-4-12/h3-9,11H,10H2,1-2H3,(H2,21,22,23,24). The Kier molecular flexibility index (Phi) is 6.03. The van der Waals surface area contributed by atoms with Crippen molar-refractivity contribution < 1.29 is 18.8 Å². The summed E-state index contributed by atoms with van der Waals surface area (Å²) < 4.78 is 23.5. The van der Waals surface area contributed by atoms with Gasteiger partial charge >= 0.3 is 5.69 Å². The number of nitrogens with zero attached hydrogens (tertiary/aromatic N) is 3. The van der Waals surface area contributed by atoms with Crippen LogP contribution in [0.1, 0.15) is 5.56 Å². The number of nitrogens with one attached hydrogen (secondary N) is 2. The molecule has 0 saturated heterocycles. The highest BCUT2D eigenvalue weighted by Gasteiger charge is 2.24. The van der Waals surface area contributed by atoms with Crippen molar-refractivity contribution in [3.63, 3.8) is 0 Å². The highest BCUT2D eigenvalue weighted by molar-refractivity contribution is 5.76. The Morgan fingerprint density at radius 1 is 1.07 bits per heavy atom. The van der Waals surface area contributed by atoms with Crippen LogP contribution in [0.15, 0.2) is 48.8 Å². The van der Waals surface area contributed by atoms with E-state index < -0.39 is 4.92 Å². The van der Waals surface area contributed by atoms with Gasteiger partial charge in [0.2, 0.25) is 11.6 Å². The van der Waals surface area contributed by atoms with E-state index in [1.165, 1.54) is 32.7 Å². The van der Waals surface area contributed by atoms with E-state index in [1.807, 2.05) is 0 Å². The first-order valence-corrected chi connectivity index (χ1v) is 8.48. The van der Waals surface area contributed by atoms with Gasteiger partial charge in [-0.3, -0.25) is 10.1 Å². The molecule has 3 rings (SSSR count). The van der Waals surface area contributed by atoms with E-state index in [0.717, 1.165) is 5.56 Å². The Morgan fingerprint density at radius 2 is 1.79 bits per heavy atom. The van der Waals surface area contributed by atoms with E-state index in [4.69, 9.17) is 9.47 Å². The molecule has 2 aromatic carbocycles. The average Bonchev–Trinajstić information content (AvgIpc) is 2.73. The van der Waals surface area contributed by atoms with Crippen molar-refractivity contribution in [1.82, 2.24) is 9.97 Å². The van der Waals surface area contributed by atoms with Crippen molar-refractivity contribution in [3.05, 3.63) is 70.3 Å². The lowest BCUT2D eigenvalue weighted by Gasteiger charge is -2.13. The Hall–Kier alpha value is -3.95. The van der Waals surface area contributed by atoms with Crippen molar-refractivity contribution in [2.45, 2.75) is 6.54 Å². The molecule has 9 nitrogen and oxygen atoms in total. The van der Waals surface area contributed by atoms with Crippen LogP contribution < -0.4 is 20.1 Å². The fraction of sp³-hybridized carbons (Fsp3) is 0.158. The largest absolute Gasteiger partial charge is 0.497 e. The highest BCUT2D eigenvalue weighted by atomic mass is 19.1. The van der Waals surface area contributed by atoms with E-state index in [9.17, 15) is 14.5 Å². The maximum Gasteiger partial charge on any atom is 0.353 e. The summed E-state index contributed by atoms with van der Waals surface area (Å²) in [4.78, 5) is 19.1. The predicted octanol–water partition coefficient (Wildman–Crippen LogP) is 3.90. The minimum Gasteiger partial charge on any atom is -0.497 e. The number of rotatable bonds is 8. The number of benzene rings is 2. The number of ether oxygens (including phenoxy) is 2. The molecule has 0 atom stereocenters. The molecule has 2 N–H and O–H groups in total.